The highest BCUT2D eigenvalue weighted by Crippen LogP contribution is 2.35. The Morgan fingerprint density at radius 1 is 1.25 bits per heavy atom. The quantitative estimate of drug-likeness (QED) is 0.652. The van der Waals surface area contributed by atoms with Crippen LogP contribution in [-0.2, 0) is 13.2 Å². The smallest absolute Gasteiger partial charge is 0.273 e. The van der Waals surface area contributed by atoms with E-state index in [1.807, 2.05) is 13.8 Å². The molecular weight excluding hydrogens is 368 g/mol. The van der Waals surface area contributed by atoms with Crippen molar-refractivity contribution in [1.29, 1.82) is 0 Å². The molecule has 4 rings (SSSR count). The van der Waals surface area contributed by atoms with Crippen molar-refractivity contribution in [2.24, 2.45) is 0 Å². The zero-order chi connectivity index (χ0) is 19.5. The standard InChI is InChI=1S/C18H18N4O6/c1-10(2)18-21-15(22-28-18)6-19-17(23)12-7-25-16(20-12)8-24-11-3-4-13-14(5-11)27-9-26-13/h3-5,7,10H,6,8-9H2,1-2H3,(H,19,23). The number of hydrogen-bond acceptors (Lipinski definition) is 9. The fourth-order valence-electron chi connectivity index (χ4n) is 2.42. The van der Waals surface area contributed by atoms with Crippen molar-refractivity contribution in [1.82, 2.24) is 20.4 Å². The summed E-state index contributed by atoms with van der Waals surface area (Å²) in [5.41, 5.74) is 0.136. The minimum atomic E-state index is -0.408. The van der Waals surface area contributed by atoms with Crippen molar-refractivity contribution < 1.29 is 27.9 Å². The average Bonchev–Trinajstić information content (AvgIpc) is 3.44. The molecule has 2 aromatic heterocycles. The maximum atomic E-state index is 12.2. The van der Waals surface area contributed by atoms with E-state index in [0.29, 0.717) is 29.0 Å². The molecule has 3 aromatic rings. The van der Waals surface area contributed by atoms with Crippen molar-refractivity contribution in [3.8, 4) is 17.2 Å². The lowest BCUT2D eigenvalue weighted by Gasteiger charge is -2.04. The summed E-state index contributed by atoms with van der Waals surface area (Å²) in [6.07, 6.45) is 1.27. The molecule has 3 heterocycles. The van der Waals surface area contributed by atoms with Crippen molar-refractivity contribution in [3.05, 3.63) is 47.8 Å². The van der Waals surface area contributed by atoms with Gasteiger partial charge in [0.1, 0.15) is 12.0 Å². The van der Waals surface area contributed by atoms with E-state index in [1.165, 1.54) is 6.26 Å². The van der Waals surface area contributed by atoms with Crippen LogP contribution in [0.15, 0.2) is 33.4 Å². The molecule has 0 saturated heterocycles. The zero-order valence-electron chi connectivity index (χ0n) is 15.3. The first kappa shape index (κ1) is 17.8. The third-order valence-corrected chi connectivity index (χ3v) is 3.88. The Kier molecular flexibility index (Phi) is 4.83. The molecule has 0 fully saturated rings. The summed E-state index contributed by atoms with van der Waals surface area (Å²) >= 11 is 0. The third kappa shape index (κ3) is 3.90. The highest BCUT2D eigenvalue weighted by atomic mass is 16.7. The molecule has 0 saturated carbocycles. The molecule has 0 atom stereocenters. The fourth-order valence-corrected chi connectivity index (χ4v) is 2.42. The lowest BCUT2D eigenvalue weighted by Crippen LogP contribution is -2.23. The molecule has 0 aliphatic carbocycles. The molecular formula is C18H18N4O6. The van der Waals surface area contributed by atoms with E-state index in [4.69, 9.17) is 23.2 Å². The SMILES string of the molecule is CC(C)c1nc(CNC(=O)c2coc(COc3ccc4c(c3)OCO4)n2)no1. The Labute approximate surface area is 159 Å². The summed E-state index contributed by atoms with van der Waals surface area (Å²) in [4.78, 5) is 20.5. The van der Waals surface area contributed by atoms with E-state index in [-0.39, 0.29) is 37.4 Å². The Morgan fingerprint density at radius 2 is 2.11 bits per heavy atom. The van der Waals surface area contributed by atoms with Crippen molar-refractivity contribution >= 4 is 5.91 Å². The van der Waals surface area contributed by atoms with Gasteiger partial charge in [0.2, 0.25) is 18.6 Å². The molecule has 0 unspecified atom stereocenters. The summed E-state index contributed by atoms with van der Waals surface area (Å²) in [7, 11) is 0. The normalized spacial score (nSPS) is 12.4. The van der Waals surface area contributed by atoms with Crippen LogP contribution >= 0.6 is 0 Å². The summed E-state index contributed by atoms with van der Waals surface area (Å²) < 4.78 is 26.5. The number of benzene rings is 1. The van der Waals surface area contributed by atoms with Crippen LogP contribution in [-0.4, -0.2) is 27.8 Å². The van der Waals surface area contributed by atoms with Crippen LogP contribution in [0.5, 0.6) is 17.2 Å². The van der Waals surface area contributed by atoms with Gasteiger partial charge >= 0.3 is 0 Å². The zero-order valence-corrected chi connectivity index (χ0v) is 15.3. The average molecular weight is 386 g/mol. The van der Waals surface area contributed by atoms with Crippen LogP contribution in [0, 0.1) is 0 Å². The van der Waals surface area contributed by atoms with Crippen LogP contribution in [0.1, 0.15) is 47.9 Å². The van der Waals surface area contributed by atoms with Gasteiger partial charge in [0.25, 0.3) is 5.91 Å². The van der Waals surface area contributed by atoms with Gasteiger partial charge in [-0.2, -0.15) is 4.98 Å². The van der Waals surface area contributed by atoms with Gasteiger partial charge in [-0.25, -0.2) is 4.98 Å². The second-order valence-corrected chi connectivity index (χ2v) is 6.32. The van der Waals surface area contributed by atoms with Crippen molar-refractivity contribution in [3.63, 3.8) is 0 Å². The number of amides is 1. The van der Waals surface area contributed by atoms with Gasteiger partial charge in [-0.1, -0.05) is 19.0 Å². The molecule has 0 spiro atoms. The molecule has 1 aliphatic heterocycles. The maximum Gasteiger partial charge on any atom is 0.273 e. The third-order valence-electron chi connectivity index (χ3n) is 3.88. The van der Waals surface area contributed by atoms with E-state index >= 15 is 0 Å². The number of carbonyl (C=O) groups excluding carboxylic acids is 1. The van der Waals surface area contributed by atoms with Gasteiger partial charge in [-0.05, 0) is 12.1 Å². The predicted octanol–water partition coefficient (Wildman–Crippen LogP) is 2.42. The molecule has 146 valence electrons. The van der Waals surface area contributed by atoms with Gasteiger partial charge in [0, 0.05) is 12.0 Å². The Balaban J connectivity index is 1.30. The van der Waals surface area contributed by atoms with Gasteiger partial charge in [0.05, 0.1) is 6.54 Å². The molecule has 10 heteroatoms. The van der Waals surface area contributed by atoms with Gasteiger partial charge in [-0.3, -0.25) is 4.79 Å². The number of nitrogens with zero attached hydrogens (tertiary/aromatic N) is 3. The summed E-state index contributed by atoms with van der Waals surface area (Å²) in [5.74, 6) is 2.77. The van der Waals surface area contributed by atoms with Gasteiger partial charge < -0.3 is 28.5 Å². The highest BCUT2D eigenvalue weighted by Gasteiger charge is 2.16. The Morgan fingerprint density at radius 3 is 2.93 bits per heavy atom. The summed E-state index contributed by atoms with van der Waals surface area (Å²) in [6, 6.07) is 5.23. The predicted molar refractivity (Wildman–Crippen MR) is 93.0 cm³/mol. The number of hydrogen-bond donors (Lipinski definition) is 1. The van der Waals surface area contributed by atoms with Gasteiger partial charge in [-0.15, -0.1) is 0 Å². The number of aromatic nitrogens is 3. The van der Waals surface area contributed by atoms with Crippen molar-refractivity contribution in [2.45, 2.75) is 32.9 Å². The molecule has 28 heavy (non-hydrogen) atoms. The van der Waals surface area contributed by atoms with E-state index < -0.39 is 5.91 Å². The van der Waals surface area contributed by atoms with E-state index in [0.717, 1.165) is 0 Å². The number of rotatable bonds is 7. The Bertz CT molecular complexity index is 980. The lowest BCUT2D eigenvalue weighted by molar-refractivity contribution is 0.0944. The number of carbonyl (C=O) groups is 1. The molecule has 10 nitrogen and oxygen atoms in total. The van der Waals surface area contributed by atoms with Crippen LogP contribution < -0.4 is 19.5 Å². The molecule has 0 radical (unpaired) electrons. The second kappa shape index (κ2) is 7.59. The topological polar surface area (TPSA) is 122 Å². The minimum absolute atomic E-state index is 0.0650. The first-order chi connectivity index (χ1) is 13.6. The van der Waals surface area contributed by atoms with Gasteiger partial charge in [0.15, 0.2) is 29.6 Å². The molecule has 0 bridgehead atoms. The van der Waals surface area contributed by atoms with Crippen LogP contribution in [0.3, 0.4) is 0 Å². The molecule has 1 aliphatic rings. The minimum Gasteiger partial charge on any atom is -0.484 e. The largest absolute Gasteiger partial charge is 0.484 e. The Hall–Kier alpha value is -3.56. The lowest BCUT2D eigenvalue weighted by atomic mass is 10.2. The fraction of sp³-hybridized carbons (Fsp3) is 0.333. The molecule has 1 N–H and O–H groups in total. The van der Waals surface area contributed by atoms with Crippen molar-refractivity contribution in [2.75, 3.05) is 6.79 Å². The number of nitrogens with one attached hydrogen (secondary N) is 1. The number of ether oxygens (including phenoxy) is 3. The molecule has 1 amide bonds. The summed E-state index contributed by atoms with van der Waals surface area (Å²) in [5, 5.41) is 6.48. The molecule has 1 aromatic carbocycles. The summed E-state index contributed by atoms with van der Waals surface area (Å²) in [6.45, 7) is 4.27. The van der Waals surface area contributed by atoms with Crippen LogP contribution in [0.2, 0.25) is 0 Å². The first-order valence-electron chi connectivity index (χ1n) is 8.66. The second-order valence-electron chi connectivity index (χ2n) is 6.32. The highest BCUT2D eigenvalue weighted by molar-refractivity contribution is 5.91. The van der Waals surface area contributed by atoms with Crippen LogP contribution in [0.25, 0.3) is 0 Å². The van der Waals surface area contributed by atoms with Crippen LogP contribution in [0.4, 0.5) is 0 Å². The first-order valence-corrected chi connectivity index (χ1v) is 8.66. The number of fused-ring (bicyclic) bond motifs is 1. The van der Waals surface area contributed by atoms with E-state index in [1.54, 1.807) is 18.2 Å². The monoisotopic (exact) mass is 386 g/mol. The number of oxazole rings is 1. The van der Waals surface area contributed by atoms with E-state index in [2.05, 4.69) is 20.4 Å². The van der Waals surface area contributed by atoms with E-state index in [9.17, 15) is 4.79 Å². The maximum absolute atomic E-state index is 12.2.